The number of hydrogen-bond donors (Lipinski definition) is 1. The number of likely N-dealkylation sites (tertiary alicyclic amines) is 1. The lowest BCUT2D eigenvalue weighted by Crippen LogP contribution is -2.39. The minimum atomic E-state index is -0.188. The van der Waals surface area contributed by atoms with Crippen molar-refractivity contribution in [1.29, 1.82) is 0 Å². The summed E-state index contributed by atoms with van der Waals surface area (Å²) in [6.07, 6.45) is 2.58. The number of nitrogens with one attached hydrogen (secondary N) is 1. The highest BCUT2D eigenvalue weighted by atomic mass is 79.9. The average Bonchev–Trinajstić information content (AvgIpc) is 2.41. The Hall–Kier alpha value is -0.450. The van der Waals surface area contributed by atoms with Gasteiger partial charge in [0.1, 0.15) is 5.82 Å². The molecule has 1 aromatic rings. The van der Waals surface area contributed by atoms with Gasteiger partial charge in [-0.25, -0.2) is 4.39 Å². The summed E-state index contributed by atoms with van der Waals surface area (Å²) in [5.74, 6) is 0.560. The maximum absolute atomic E-state index is 13.2. The van der Waals surface area contributed by atoms with Crippen molar-refractivity contribution in [3.05, 3.63) is 34.1 Å². The van der Waals surface area contributed by atoms with Gasteiger partial charge >= 0.3 is 0 Å². The van der Waals surface area contributed by atoms with E-state index in [9.17, 15) is 4.39 Å². The molecule has 2 nitrogen and oxygen atoms in total. The van der Waals surface area contributed by atoms with E-state index in [1.165, 1.54) is 18.4 Å². The molecule has 0 spiro atoms. The maximum atomic E-state index is 13.2. The predicted molar refractivity (Wildman–Crippen MR) is 80.6 cm³/mol. The van der Waals surface area contributed by atoms with Gasteiger partial charge in [-0.05, 0) is 72.0 Å². The van der Waals surface area contributed by atoms with E-state index in [-0.39, 0.29) is 5.82 Å². The Labute approximate surface area is 123 Å². The molecule has 1 saturated heterocycles. The first-order chi connectivity index (χ1) is 9.19. The summed E-state index contributed by atoms with van der Waals surface area (Å²) in [5, 5.41) is 3.44. The molecule has 1 N–H and O–H groups in total. The number of piperidine rings is 1. The molecule has 0 amide bonds. The van der Waals surface area contributed by atoms with Gasteiger partial charge in [-0.2, -0.15) is 0 Å². The largest absolute Gasteiger partial charge is 0.317 e. The van der Waals surface area contributed by atoms with Crippen molar-refractivity contribution in [2.75, 3.05) is 26.2 Å². The van der Waals surface area contributed by atoms with Gasteiger partial charge in [0.05, 0.1) is 4.47 Å². The number of halogens is 2. The van der Waals surface area contributed by atoms with Crippen LogP contribution in [-0.4, -0.2) is 31.1 Å². The van der Waals surface area contributed by atoms with Crippen LogP contribution >= 0.6 is 15.9 Å². The van der Waals surface area contributed by atoms with Crippen LogP contribution in [0.25, 0.3) is 0 Å². The summed E-state index contributed by atoms with van der Waals surface area (Å²) in [4.78, 5) is 2.48. The van der Waals surface area contributed by atoms with Crippen LogP contribution in [0.4, 0.5) is 4.39 Å². The van der Waals surface area contributed by atoms with Crippen molar-refractivity contribution < 1.29 is 4.39 Å². The fourth-order valence-corrected chi connectivity index (χ4v) is 3.13. The van der Waals surface area contributed by atoms with E-state index < -0.39 is 0 Å². The molecule has 4 heteroatoms. The lowest BCUT2D eigenvalue weighted by Gasteiger charge is -2.33. The lowest BCUT2D eigenvalue weighted by molar-refractivity contribution is 0.166. The van der Waals surface area contributed by atoms with Gasteiger partial charge in [0, 0.05) is 13.1 Å². The molecule has 2 rings (SSSR count). The first-order valence-electron chi connectivity index (χ1n) is 7.06. The van der Waals surface area contributed by atoms with E-state index in [2.05, 4.69) is 33.1 Å². The van der Waals surface area contributed by atoms with Crippen molar-refractivity contribution in [2.45, 2.75) is 26.3 Å². The van der Waals surface area contributed by atoms with Gasteiger partial charge in [-0.1, -0.05) is 13.0 Å². The topological polar surface area (TPSA) is 15.3 Å². The molecule has 1 atom stereocenters. The maximum Gasteiger partial charge on any atom is 0.137 e. The van der Waals surface area contributed by atoms with Gasteiger partial charge in [-0.15, -0.1) is 0 Å². The van der Waals surface area contributed by atoms with Crippen LogP contribution in [0.15, 0.2) is 22.7 Å². The molecule has 1 aromatic carbocycles. The number of hydrogen-bond acceptors (Lipinski definition) is 2. The van der Waals surface area contributed by atoms with Crippen molar-refractivity contribution >= 4 is 15.9 Å². The summed E-state index contributed by atoms with van der Waals surface area (Å²) in [5.41, 5.74) is 1.18. The Morgan fingerprint density at radius 2 is 2.32 bits per heavy atom. The second kappa shape index (κ2) is 7.36. The third kappa shape index (κ3) is 4.55. The first-order valence-corrected chi connectivity index (χ1v) is 7.85. The summed E-state index contributed by atoms with van der Waals surface area (Å²) in [6.45, 7) is 7.51. The smallest absolute Gasteiger partial charge is 0.137 e. The minimum Gasteiger partial charge on any atom is -0.317 e. The number of nitrogens with zero attached hydrogens (tertiary/aromatic N) is 1. The first kappa shape index (κ1) is 14.9. The second-order valence-electron chi connectivity index (χ2n) is 5.30. The lowest BCUT2D eigenvalue weighted by atomic mass is 9.97. The van der Waals surface area contributed by atoms with Crippen molar-refractivity contribution in [1.82, 2.24) is 10.2 Å². The highest BCUT2D eigenvalue weighted by Crippen LogP contribution is 2.21. The van der Waals surface area contributed by atoms with E-state index in [1.807, 2.05) is 12.1 Å². The molecule has 0 radical (unpaired) electrons. The Kier molecular flexibility index (Phi) is 5.79. The molecule has 1 unspecified atom stereocenters. The summed E-state index contributed by atoms with van der Waals surface area (Å²) in [6, 6.07) is 5.32. The number of benzene rings is 1. The van der Waals surface area contributed by atoms with E-state index in [0.717, 1.165) is 38.6 Å². The van der Waals surface area contributed by atoms with Crippen molar-refractivity contribution in [2.24, 2.45) is 5.92 Å². The van der Waals surface area contributed by atoms with Crippen LogP contribution in [0, 0.1) is 11.7 Å². The quantitative estimate of drug-likeness (QED) is 0.891. The summed E-state index contributed by atoms with van der Waals surface area (Å²) >= 11 is 3.25. The van der Waals surface area contributed by atoms with Crippen LogP contribution in [0.5, 0.6) is 0 Å². The predicted octanol–water partition coefficient (Wildman–Crippen LogP) is 3.41. The Bertz CT molecular complexity index is 411. The van der Waals surface area contributed by atoms with Crippen molar-refractivity contribution in [3.8, 4) is 0 Å². The molecule has 0 aliphatic carbocycles. The van der Waals surface area contributed by atoms with Gasteiger partial charge in [0.15, 0.2) is 0 Å². The van der Waals surface area contributed by atoms with Gasteiger partial charge in [0.2, 0.25) is 0 Å². The fraction of sp³-hybridized carbons (Fsp3) is 0.600. The molecule has 106 valence electrons. The van der Waals surface area contributed by atoms with Gasteiger partial charge in [-0.3, -0.25) is 4.90 Å². The van der Waals surface area contributed by atoms with Crippen LogP contribution in [0.1, 0.15) is 25.3 Å². The van der Waals surface area contributed by atoms with Gasteiger partial charge < -0.3 is 5.32 Å². The molecule has 0 bridgehead atoms. The average molecular weight is 329 g/mol. The zero-order valence-electron chi connectivity index (χ0n) is 11.5. The third-order valence-electron chi connectivity index (χ3n) is 3.68. The molecular weight excluding hydrogens is 307 g/mol. The highest BCUT2D eigenvalue weighted by molar-refractivity contribution is 9.10. The second-order valence-corrected chi connectivity index (χ2v) is 6.15. The third-order valence-corrected chi connectivity index (χ3v) is 4.28. The van der Waals surface area contributed by atoms with E-state index in [1.54, 1.807) is 6.07 Å². The minimum absolute atomic E-state index is 0.188. The number of rotatable bonds is 5. The molecule has 1 aliphatic rings. The molecule has 19 heavy (non-hydrogen) atoms. The molecular formula is C15H22BrFN2. The van der Waals surface area contributed by atoms with Gasteiger partial charge in [0.25, 0.3) is 0 Å². The SMILES string of the molecule is CCNCC1CCCN(Cc2ccc(F)c(Br)c2)C1. The van der Waals surface area contributed by atoms with Crippen molar-refractivity contribution in [3.63, 3.8) is 0 Å². The van der Waals surface area contributed by atoms with Crippen LogP contribution in [0.2, 0.25) is 0 Å². The molecule has 1 fully saturated rings. The molecule has 1 aliphatic heterocycles. The zero-order valence-corrected chi connectivity index (χ0v) is 13.0. The van der Waals surface area contributed by atoms with Crippen LogP contribution in [-0.2, 0) is 6.54 Å². The molecule has 0 aromatic heterocycles. The van der Waals surface area contributed by atoms with E-state index >= 15 is 0 Å². The zero-order chi connectivity index (χ0) is 13.7. The molecule has 1 heterocycles. The Balaban J connectivity index is 1.89. The van der Waals surface area contributed by atoms with E-state index in [4.69, 9.17) is 0 Å². The summed E-state index contributed by atoms with van der Waals surface area (Å²) < 4.78 is 13.8. The monoisotopic (exact) mass is 328 g/mol. The Morgan fingerprint density at radius 3 is 3.05 bits per heavy atom. The van der Waals surface area contributed by atoms with Crippen LogP contribution < -0.4 is 5.32 Å². The standard InChI is InChI=1S/C15H22BrFN2/c1-2-18-9-13-4-3-7-19(11-13)10-12-5-6-15(17)14(16)8-12/h5-6,8,13,18H,2-4,7,9-11H2,1H3. The van der Waals surface area contributed by atoms with E-state index in [0.29, 0.717) is 4.47 Å². The Morgan fingerprint density at radius 1 is 1.47 bits per heavy atom. The molecule has 0 saturated carbocycles. The highest BCUT2D eigenvalue weighted by Gasteiger charge is 2.19. The summed E-state index contributed by atoms with van der Waals surface area (Å²) in [7, 11) is 0. The van der Waals surface area contributed by atoms with Crippen LogP contribution in [0.3, 0.4) is 0 Å². The normalized spacial score (nSPS) is 20.7. The fourth-order valence-electron chi connectivity index (χ4n) is 2.71.